The van der Waals surface area contributed by atoms with E-state index in [1.54, 1.807) is 0 Å². The molecule has 0 bridgehead atoms. The monoisotopic (exact) mass is 525 g/mol. The van der Waals surface area contributed by atoms with Crippen molar-refractivity contribution < 1.29 is 4.42 Å². The molecule has 0 saturated heterocycles. The molecule has 0 aliphatic carbocycles. The van der Waals surface area contributed by atoms with Crippen LogP contribution in [0.25, 0.3) is 77.1 Å². The van der Waals surface area contributed by atoms with E-state index in [9.17, 15) is 0 Å². The molecule has 0 spiro atoms. The molecule has 6 aromatic carbocycles. The van der Waals surface area contributed by atoms with E-state index in [0.717, 1.165) is 49.7 Å². The van der Waals surface area contributed by atoms with Crippen molar-refractivity contribution in [2.45, 2.75) is 0 Å². The van der Waals surface area contributed by atoms with Crippen molar-refractivity contribution in [2.24, 2.45) is 0 Å². The van der Waals surface area contributed by atoms with Crippen LogP contribution in [0.4, 0.5) is 0 Å². The van der Waals surface area contributed by atoms with Crippen LogP contribution in [0, 0.1) is 0 Å². The number of rotatable bonds is 3. The van der Waals surface area contributed by atoms with E-state index >= 15 is 0 Å². The fraction of sp³-hybridized carbons (Fsp3) is 0. The highest BCUT2D eigenvalue weighted by molar-refractivity contribution is 6.18. The fourth-order valence-corrected chi connectivity index (χ4v) is 6.29. The van der Waals surface area contributed by atoms with Crippen LogP contribution in [0.5, 0.6) is 0 Å². The van der Waals surface area contributed by atoms with Crippen LogP contribution in [0.15, 0.2) is 144 Å². The molecule has 0 radical (unpaired) electrons. The van der Waals surface area contributed by atoms with Crippen molar-refractivity contribution >= 4 is 54.6 Å². The van der Waals surface area contributed by atoms with E-state index in [1.165, 1.54) is 27.4 Å². The summed E-state index contributed by atoms with van der Waals surface area (Å²) in [5.41, 5.74) is 9.46. The minimum Gasteiger partial charge on any atom is -0.454 e. The SMILES string of the molecule is c1ccc(-c2ccc(-n3c4ccccc4c4ccc5nn(-c6cccc7c6oc6ccccc67)cc5c43)cc2)cc1. The lowest BCUT2D eigenvalue weighted by atomic mass is 10.1. The molecule has 9 rings (SSSR count). The van der Waals surface area contributed by atoms with E-state index in [-0.39, 0.29) is 0 Å². The van der Waals surface area contributed by atoms with Gasteiger partial charge in [0.2, 0.25) is 0 Å². The topological polar surface area (TPSA) is 35.9 Å². The summed E-state index contributed by atoms with van der Waals surface area (Å²) in [5.74, 6) is 0. The van der Waals surface area contributed by atoms with Crippen LogP contribution < -0.4 is 0 Å². The molecule has 0 saturated carbocycles. The average molecular weight is 526 g/mol. The maximum Gasteiger partial charge on any atom is 0.161 e. The van der Waals surface area contributed by atoms with E-state index in [0.29, 0.717) is 0 Å². The maximum absolute atomic E-state index is 6.34. The molecule has 3 heterocycles. The third kappa shape index (κ3) is 3.25. The Hall–Kier alpha value is -5.61. The largest absolute Gasteiger partial charge is 0.454 e. The van der Waals surface area contributed by atoms with Gasteiger partial charge in [-0.05, 0) is 53.6 Å². The Morgan fingerprint density at radius 1 is 0.512 bits per heavy atom. The number of furan rings is 1. The smallest absolute Gasteiger partial charge is 0.161 e. The van der Waals surface area contributed by atoms with E-state index in [2.05, 4.69) is 126 Å². The van der Waals surface area contributed by atoms with Crippen LogP contribution in [-0.2, 0) is 0 Å². The van der Waals surface area contributed by atoms with Crippen molar-refractivity contribution in [2.75, 3.05) is 0 Å². The number of fused-ring (bicyclic) bond motifs is 8. The number of benzene rings is 6. The maximum atomic E-state index is 6.34. The molecule has 0 aliphatic heterocycles. The van der Waals surface area contributed by atoms with Crippen molar-refractivity contribution in [1.82, 2.24) is 14.3 Å². The Balaban J connectivity index is 1.30. The molecule has 0 N–H and O–H groups in total. The van der Waals surface area contributed by atoms with Gasteiger partial charge in [0.15, 0.2) is 5.58 Å². The van der Waals surface area contributed by atoms with Crippen LogP contribution in [0.3, 0.4) is 0 Å². The zero-order valence-corrected chi connectivity index (χ0v) is 22.0. The standard InChI is InChI=1S/C37H23N3O/c1-2-9-24(10-3-1)25-17-19-26(20-18-25)40-33-14-6-4-11-27(33)29-21-22-32-31(36(29)40)23-39(38-32)34-15-8-13-30-28-12-5-7-16-35(28)41-37(30)34/h1-23H. The van der Waals surface area contributed by atoms with Crippen LogP contribution in [0.2, 0.25) is 0 Å². The van der Waals surface area contributed by atoms with E-state index in [4.69, 9.17) is 9.52 Å². The van der Waals surface area contributed by atoms with Gasteiger partial charge in [-0.1, -0.05) is 91.0 Å². The summed E-state index contributed by atoms with van der Waals surface area (Å²) in [6.07, 6.45) is 2.15. The normalized spacial score (nSPS) is 11.9. The second-order valence-electron chi connectivity index (χ2n) is 10.5. The lowest BCUT2D eigenvalue weighted by Crippen LogP contribution is -1.94. The molecule has 192 valence electrons. The predicted molar refractivity (Wildman–Crippen MR) is 168 cm³/mol. The molecule has 0 aliphatic rings. The molecule has 0 atom stereocenters. The Kier molecular flexibility index (Phi) is 4.58. The molecule has 4 heteroatoms. The highest BCUT2D eigenvalue weighted by atomic mass is 16.3. The first-order valence-electron chi connectivity index (χ1n) is 13.8. The Morgan fingerprint density at radius 2 is 1.24 bits per heavy atom. The van der Waals surface area contributed by atoms with Crippen molar-refractivity contribution in [3.8, 4) is 22.5 Å². The summed E-state index contributed by atoms with van der Waals surface area (Å²) in [6, 6.07) is 46.8. The third-order valence-corrected chi connectivity index (χ3v) is 8.18. The van der Waals surface area contributed by atoms with Crippen molar-refractivity contribution in [1.29, 1.82) is 0 Å². The quantitative estimate of drug-likeness (QED) is 0.230. The minimum atomic E-state index is 0.842. The summed E-state index contributed by atoms with van der Waals surface area (Å²) < 4.78 is 10.7. The van der Waals surface area contributed by atoms with Crippen molar-refractivity contribution in [3.05, 3.63) is 140 Å². The Morgan fingerprint density at radius 3 is 2.12 bits per heavy atom. The van der Waals surface area contributed by atoms with Gasteiger partial charge in [-0.2, -0.15) is 5.10 Å². The molecule has 0 unspecified atom stereocenters. The molecular formula is C37H23N3O. The average Bonchev–Trinajstić information content (AvgIpc) is 3.73. The van der Waals surface area contributed by atoms with E-state index in [1.807, 2.05) is 22.9 Å². The van der Waals surface area contributed by atoms with Gasteiger partial charge in [0.25, 0.3) is 0 Å². The molecule has 3 aromatic heterocycles. The zero-order chi connectivity index (χ0) is 26.9. The number of para-hydroxylation sites is 3. The molecular weight excluding hydrogens is 502 g/mol. The second kappa shape index (κ2) is 8.44. The summed E-state index contributed by atoms with van der Waals surface area (Å²) in [4.78, 5) is 0. The first-order chi connectivity index (χ1) is 20.3. The van der Waals surface area contributed by atoms with Gasteiger partial charge in [0.1, 0.15) is 11.3 Å². The summed E-state index contributed by atoms with van der Waals surface area (Å²) in [7, 11) is 0. The number of hydrogen-bond donors (Lipinski definition) is 0. The van der Waals surface area contributed by atoms with Crippen LogP contribution in [-0.4, -0.2) is 14.3 Å². The summed E-state index contributed by atoms with van der Waals surface area (Å²) in [6.45, 7) is 0. The Bertz CT molecular complexity index is 2410. The van der Waals surface area contributed by atoms with Gasteiger partial charge in [-0.25, -0.2) is 4.68 Å². The fourth-order valence-electron chi connectivity index (χ4n) is 6.29. The summed E-state index contributed by atoms with van der Waals surface area (Å²) >= 11 is 0. The summed E-state index contributed by atoms with van der Waals surface area (Å²) in [5, 5.41) is 10.8. The number of nitrogens with zero attached hydrogens (tertiary/aromatic N) is 3. The lowest BCUT2D eigenvalue weighted by molar-refractivity contribution is 0.662. The predicted octanol–water partition coefficient (Wildman–Crippen LogP) is 9.69. The van der Waals surface area contributed by atoms with Gasteiger partial charge in [-0.15, -0.1) is 0 Å². The molecule has 41 heavy (non-hydrogen) atoms. The van der Waals surface area contributed by atoms with Crippen LogP contribution in [0.1, 0.15) is 0 Å². The van der Waals surface area contributed by atoms with Gasteiger partial charge in [0.05, 0.1) is 16.6 Å². The first kappa shape index (κ1) is 22.2. The van der Waals surface area contributed by atoms with Gasteiger partial charge in [0, 0.05) is 38.8 Å². The Labute approximate surface area is 235 Å². The van der Waals surface area contributed by atoms with Gasteiger partial charge in [-0.3, -0.25) is 0 Å². The second-order valence-corrected chi connectivity index (χ2v) is 10.5. The molecule has 4 nitrogen and oxygen atoms in total. The van der Waals surface area contributed by atoms with Gasteiger partial charge >= 0.3 is 0 Å². The van der Waals surface area contributed by atoms with Crippen LogP contribution >= 0.6 is 0 Å². The lowest BCUT2D eigenvalue weighted by Gasteiger charge is -2.10. The third-order valence-electron chi connectivity index (χ3n) is 8.18. The highest BCUT2D eigenvalue weighted by Crippen LogP contribution is 2.38. The molecule has 9 aromatic rings. The molecule has 0 fully saturated rings. The zero-order valence-electron chi connectivity index (χ0n) is 22.0. The number of hydrogen-bond acceptors (Lipinski definition) is 2. The molecule has 0 amide bonds. The van der Waals surface area contributed by atoms with Gasteiger partial charge < -0.3 is 8.98 Å². The highest BCUT2D eigenvalue weighted by Gasteiger charge is 2.18. The van der Waals surface area contributed by atoms with Crippen molar-refractivity contribution in [3.63, 3.8) is 0 Å². The number of aromatic nitrogens is 3. The first-order valence-corrected chi connectivity index (χ1v) is 13.8. The van der Waals surface area contributed by atoms with E-state index < -0.39 is 0 Å². The minimum absolute atomic E-state index is 0.842.